The van der Waals surface area contributed by atoms with Crippen LogP contribution in [0.1, 0.15) is 59.3 Å². The van der Waals surface area contributed by atoms with Crippen LogP contribution in [0.15, 0.2) is 0 Å². The van der Waals surface area contributed by atoms with E-state index in [-0.39, 0.29) is 25.2 Å². The third-order valence-electron chi connectivity index (χ3n) is 6.26. The number of rotatable bonds is 5. The number of carbonyl (C=O) groups is 3. The molecule has 1 N–H and O–H groups in total. The minimum atomic E-state index is -3.75. The van der Waals surface area contributed by atoms with Gasteiger partial charge in [-0.05, 0) is 33.1 Å². The van der Waals surface area contributed by atoms with Crippen LogP contribution >= 0.6 is 0 Å². The van der Waals surface area contributed by atoms with Crippen LogP contribution in [0.25, 0.3) is 0 Å². The second-order valence-electron chi connectivity index (χ2n) is 9.04. The first kappa shape index (κ1) is 20.1. The van der Waals surface area contributed by atoms with Gasteiger partial charge in [-0.25, -0.2) is 8.42 Å². The Hall–Kier alpha value is -1.64. The molecule has 2 aliphatic carbocycles. The average molecular weight is 401 g/mol. The molecular weight excluding hydrogens is 374 g/mol. The van der Waals surface area contributed by atoms with Crippen LogP contribution in [0.2, 0.25) is 0 Å². The number of hydrogen-bond acceptors (Lipinski definition) is 7. The van der Waals surface area contributed by atoms with Crippen LogP contribution in [-0.2, 0) is 33.9 Å². The summed E-state index contributed by atoms with van der Waals surface area (Å²) in [5.74, 6) is -2.01. The molecule has 4 atom stereocenters. The zero-order valence-electron chi connectivity index (χ0n) is 16.2. The zero-order chi connectivity index (χ0) is 20.3. The molecule has 0 radical (unpaired) electrons. The topological polar surface area (TPSA) is 116 Å². The maximum absolute atomic E-state index is 12.9. The van der Waals surface area contributed by atoms with Crippen LogP contribution in [-0.4, -0.2) is 44.2 Å². The van der Waals surface area contributed by atoms with Crippen molar-refractivity contribution in [1.29, 1.82) is 0 Å². The molecule has 2 aliphatic heterocycles. The molecule has 2 saturated heterocycles. The van der Waals surface area contributed by atoms with E-state index >= 15 is 0 Å². The molecule has 0 spiro atoms. The Bertz CT molecular complexity index is 790. The molecule has 2 saturated carbocycles. The minimum Gasteiger partial charge on any atom is -0.462 e. The Kier molecular flexibility index (Phi) is 4.61. The Morgan fingerprint density at radius 2 is 1.93 bits per heavy atom. The van der Waals surface area contributed by atoms with Gasteiger partial charge >= 0.3 is 11.9 Å². The van der Waals surface area contributed by atoms with E-state index in [1.807, 2.05) is 6.92 Å². The van der Waals surface area contributed by atoms with Crippen molar-refractivity contribution in [3.63, 3.8) is 0 Å². The van der Waals surface area contributed by atoms with E-state index in [9.17, 15) is 22.8 Å². The monoisotopic (exact) mass is 401 g/mol. The van der Waals surface area contributed by atoms with Crippen molar-refractivity contribution in [2.75, 3.05) is 6.26 Å². The van der Waals surface area contributed by atoms with Gasteiger partial charge in [0.2, 0.25) is 15.9 Å². The van der Waals surface area contributed by atoms with Crippen molar-refractivity contribution < 1.29 is 32.3 Å². The van der Waals surface area contributed by atoms with Crippen molar-refractivity contribution in [1.82, 2.24) is 4.72 Å². The lowest BCUT2D eigenvalue weighted by molar-refractivity contribution is -0.193. The molecule has 9 heteroatoms. The summed E-state index contributed by atoms with van der Waals surface area (Å²) in [7, 11) is -3.75. The molecule has 4 bridgehead atoms. The molecule has 4 rings (SSSR count). The van der Waals surface area contributed by atoms with Crippen LogP contribution < -0.4 is 4.72 Å². The van der Waals surface area contributed by atoms with Crippen molar-refractivity contribution in [2.24, 2.45) is 16.7 Å². The van der Waals surface area contributed by atoms with E-state index in [2.05, 4.69) is 4.72 Å². The first-order valence-electron chi connectivity index (χ1n) is 9.26. The van der Waals surface area contributed by atoms with Gasteiger partial charge in [-0.15, -0.1) is 0 Å². The summed E-state index contributed by atoms with van der Waals surface area (Å²) >= 11 is 0. The minimum absolute atomic E-state index is 0.205. The fourth-order valence-electron chi connectivity index (χ4n) is 4.64. The number of fused-ring (bicyclic) bond motifs is 1. The Labute approximate surface area is 159 Å². The van der Waals surface area contributed by atoms with Gasteiger partial charge in [0.25, 0.3) is 0 Å². The van der Waals surface area contributed by atoms with Gasteiger partial charge in [-0.1, -0.05) is 6.92 Å². The molecule has 8 nitrogen and oxygen atoms in total. The lowest BCUT2D eigenvalue weighted by Crippen LogP contribution is -2.59. The highest BCUT2D eigenvalue weighted by molar-refractivity contribution is 7.89. The third-order valence-corrected chi connectivity index (χ3v) is 6.81. The lowest BCUT2D eigenvalue weighted by Gasteiger charge is -2.51. The molecule has 4 aliphatic rings. The number of esters is 2. The molecule has 0 aromatic rings. The van der Waals surface area contributed by atoms with Crippen molar-refractivity contribution in [2.45, 2.75) is 71.0 Å². The van der Waals surface area contributed by atoms with Gasteiger partial charge in [0.1, 0.15) is 11.7 Å². The largest absolute Gasteiger partial charge is 0.462 e. The summed E-state index contributed by atoms with van der Waals surface area (Å²) in [6, 6.07) is 0. The molecule has 4 unspecified atom stereocenters. The van der Waals surface area contributed by atoms with Crippen molar-refractivity contribution in [3.05, 3.63) is 0 Å². The summed E-state index contributed by atoms with van der Waals surface area (Å²) in [4.78, 5) is 38.0. The number of ether oxygens (including phenoxy) is 2. The summed E-state index contributed by atoms with van der Waals surface area (Å²) in [5.41, 5.74) is -2.78. The van der Waals surface area contributed by atoms with Gasteiger partial charge in [-0.3, -0.25) is 19.1 Å². The summed E-state index contributed by atoms with van der Waals surface area (Å²) in [6.45, 7) is 5.47. The maximum atomic E-state index is 12.9. The van der Waals surface area contributed by atoms with E-state index in [0.717, 1.165) is 6.26 Å². The third kappa shape index (κ3) is 3.70. The van der Waals surface area contributed by atoms with E-state index in [1.54, 1.807) is 13.8 Å². The smallest absolute Gasteiger partial charge is 0.312 e. The number of hydrogen-bond donors (Lipinski definition) is 1. The molecule has 1 amide bonds. The normalized spacial score (nSPS) is 35.3. The van der Waals surface area contributed by atoms with Gasteiger partial charge in [0, 0.05) is 19.3 Å². The first-order valence-corrected chi connectivity index (χ1v) is 11.2. The van der Waals surface area contributed by atoms with Crippen LogP contribution in [0.4, 0.5) is 0 Å². The van der Waals surface area contributed by atoms with E-state index < -0.39 is 50.4 Å². The standard InChI is InChI=1S/C18H27NO7S/c1-5-16(2,3)15(22)26-18-7-11-6-17(10-18,14(21)19-27(4,23)24)8-12(9-18)25-13(11)20/h11-12H,5-10H2,1-4H3,(H,19,21). The predicted molar refractivity (Wildman–Crippen MR) is 94.8 cm³/mol. The number of carbonyl (C=O) groups excluding carboxylic acids is 3. The zero-order valence-corrected chi connectivity index (χ0v) is 17.0. The highest BCUT2D eigenvalue weighted by Gasteiger charge is 2.64. The van der Waals surface area contributed by atoms with E-state index in [4.69, 9.17) is 9.47 Å². The van der Waals surface area contributed by atoms with Crippen LogP contribution in [0.3, 0.4) is 0 Å². The molecular formula is C18H27NO7S. The fourth-order valence-corrected chi connectivity index (χ4v) is 5.19. The number of sulfonamides is 1. The second kappa shape index (κ2) is 6.18. The number of amides is 1. The average Bonchev–Trinajstić information content (AvgIpc) is 2.66. The van der Waals surface area contributed by atoms with Gasteiger partial charge < -0.3 is 9.47 Å². The van der Waals surface area contributed by atoms with E-state index in [0.29, 0.717) is 19.3 Å². The van der Waals surface area contributed by atoms with Crippen molar-refractivity contribution >= 4 is 27.9 Å². The fraction of sp³-hybridized carbons (Fsp3) is 0.833. The lowest BCUT2D eigenvalue weighted by atomic mass is 9.56. The predicted octanol–water partition coefficient (Wildman–Crippen LogP) is 1.29. The second-order valence-corrected chi connectivity index (χ2v) is 10.8. The van der Waals surface area contributed by atoms with Gasteiger partial charge in [0.15, 0.2) is 0 Å². The van der Waals surface area contributed by atoms with Crippen molar-refractivity contribution in [3.8, 4) is 0 Å². The Balaban J connectivity index is 1.96. The summed E-state index contributed by atoms with van der Waals surface area (Å²) < 4.78 is 36.7. The number of nitrogens with one attached hydrogen (secondary N) is 1. The van der Waals surface area contributed by atoms with Gasteiger partial charge in [0.05, 0.1) is 23.0 Å². The quantitative estimate of drug-likeness (QED) is 0.690. The summed E-state index contributed by atoms with van der Waals surface area (Å²) in [6.07, 6.45) is 2.24. The van der Waals surface area contributed by atoms with Crippen LogP contribution in [0, 0.1) is 16.7 Å². The summed E-state index contributed by atoms with van der Waals surface area (Å²) in [5, 5.41) is 0. The van der Waals surface area contributed by atoms with E-state index in [1.165, 1.54) is 0 Å². The Morgan fingerprint density at radius 3 is 2.52 bits per heavy atom. The molecule has 2 heterocycles. The maximum Gasteiger partial charge on any atom is 0.312 e. The molecule has 4 fully saturated rings. The van der Waals surface area contributed by atoms with Gasteiger partial charge in [-0.2, -0.15) is 0 Å². The highest BCUT2D eigenvalue weighted by Crippen LogP contribution is 2.58. The Morgan fingerprint density at radius 1 is 1.26 bits per heavy atom. The first-order chi connectivity index (χ1) is 12.3. The SMILES string of the molecule is CCC(C)(C)C(=O)OC12CC3CC(C(=O)NS(C)(=O)=O)(CC(C1)C(=O)O3)C2. The molecule has 0 aromatic heterocycles. The highest BCUT2D eigenvalue weighted by atomic mass is 32.2. The molecule has 0 aromatic carbocycles. The molecule has 27 heavy (non-hydrogen) atoms. The van der Waals surface area contributed by atoms with Crippen LogP contribution in [0.5, 0.6) is 0 Å². The molecule has 152 valence electrons.